The Hall–Kier alpha value is -3.07. The highest BCUT2D eigenvalue weighted by Crippen LogP contribution is 2.28. The Morgan fingerprint density at radius 1 is 1.29 bits per heavy atom. The molecule has 3 aromatic rings. The molecule has 0 atom stereocenters. The molecule has 2 aromatic carbocycles. The van der Waals surface area contributed by atoms with Crippen molar-refractivity contribution in [1.29, 1.82) is 5.26 Å². The highest BCUT2D eigenvalue weighted by Gasteiger charge is 2.14. The molecule has 1 heterocycles. The zero-order valence-electron chi connectivity index (χ0n) is 11.2. The Labute approximate surface area is 120 Å². The molecule has 0 saturated carbocycles. The van der Waals surface area contributed by atoms with Crippen LogP contribution in [0.2, 0.25) is 0 Å². The second kappa shape index (κ2) is 4.80. The zero-order chi connectivity index (χ0) is 15.0. The Morgan fingerprint density at radius 2 is 2.10 bits per heavy atom. The Balaban J connectivity index is 2.31. The maximum absolute atomic E-state index is 13.3. The van der Waals surface area contributed by atoms with Crippen LogP contribution >= 0.6 is 0 Å². The van der Waals surface area contributed by atoms with E-state index in [0.29, 0.717) is 17.0 Å². The van der Waals surface area contributed by atoms with E-state index in [9.17, 15) is 9.65 Å². The minimum atomic E-state index is -0.472. The first kappa shape index (κ1) is 12.9. The second-order valence-electron chi connectivity index (χ2n) is 4.43. The predicted molar refractivity (Wildman–Crippen MR) is 76.7 cm³/mol. The van der Waals surface area contributed by atoms with Crippen molar-refractivity contribution in [3.63, 3.8) is 0 Å². The van der Waals surface area contributed by atoms with E-state index in [1.54, 1.807) is 29.9 Å². The van der Waals surface area contributed by atoms with E-state index in [-0.39, 0.29) is 11.5 Å². The molecule has 104 valence electrons. The summed E-state index contributed by atoms with van der Waals surface area (Å²) < 4.78 is 20.0. The molecule has 0 bridgehead atoms. The molecule has 0 amide bonds. The van der Waals surface area contributed by atoms with Gasteiger partial charge in [0.15, 0.2) is 0 Å². The average Bonchev–Trinajstić information content (AvgIpc) is 2.82. The molecule has 0 radical (unpaired) electrons. The SMILES string of the molecule is COc1ccc2c(c1)nc(N)n2-c1ccc(F)cc1C#N. The van der Waals surface area contributed by atoms with E-state index in [1.807, 2.05) is 6.07 Å². The van der Waals surface area contributed by atoms with Gasteiger partial charge in [0.1, 0.15) is 17.6 Å². The van der Waals surface area contributed by atoms with Crippen molar-refractivity contribution in [2.45, 2.75) is 0 Å². The van der Waals surface area contributed by atoms with Gasteiger partial charge in [0.2, 0.25) is 5.95 Å². The molecular weight excluding hydrogens is 271 g/mol. The van der Waals surface area contributed by atoms with Gasteiger partial charge in [-0.2, -0.15) is 5.26 Å². The first-order chi connectivity index (χ1) is 10.1. The number of nitrogens with two attached hydrogens (primary N) is 1. The summed E-state index contributed by atoms with van der Waals surface area (Å²) in [7, 11) is 1.56. The molecule has 0 aliphatic heterocycles. The van der Waals surface area contributed by atoms with Gasteiger partial charge < -0.3 is 10.5 Å². The monoisotopic (exact) mass is 282 g/mol. The predicted octanol–water partition coefficient (Wildman–Crippen LogP) is 2.63. The first-order valence-corrected chi connectivity index (χ1v) is 6.16. The van der Waals surface area contributed by atoms with Gasteiger partial charge in [-0.25, -0.2) is 9.37 Å². The minimum Gasteiger partial charge on any atom is -0.497 e. The van der Waals surface area contributed by atoms with Crippen LogP contribution in [0.1, 0.15) is 5.56 Å². The van der Waals surface area contributed by atoms with Crippen LogP contribution in [0.15, 0.2) is 36.4 Å². The summed E-state index contributed by atoms with van der Waals surface area (Å²) in [6.45, 7) is 0. The van der Waals surface area contributed by atoms with Crippen LogP contribution in [0.5, 0.6) is 5.75 Å². The largest absolute Gasteiger partial charge is 0.497 e. The Bertz CT molecular complexity index is 879. The molecule has 0 spiro atoms. The molecule has 2 N–H and O–H groups in total. The lowest BCUT2D eigenvalue weighted by Crippen LogP contribution is -2.03. The lowest BCUT2D eigenvalue weighted by molar-refractivity contribution is 0.415. The number of aromatic nitrogens is 2. The molecule has 0 aliphatic rings. The number of methoxy groups -OCH3 is 1. The molecular formula is C15H11FN4O. The van der Waals surface area contributed by atoms with Crippen LogP contribution in [0.4, 0.5) is 10.3 Å². The number of nitrogen functional groups attached to an aromatic ring is 1. The maximum atomic E-state index is 13.3. The summed E-state index contributed by atoms with van der Waals surface area (Å²) in [5, 5.41) is 9.18. The molecule has 3 rings (SSSR count). The van der Waals surface area contributed by atoms with Crippen molar-refractivity contribution >= 4 is 17.0 Å². The number of rotatable bonds is 2. The van der Waals surface area contributed by atoms with Gasteiger partial charge in [0, 0.05) is 6.07 Å². The van der Waals surface area contributed by atoms with E-state index in [0.717, 1.165) is 5.52 Å². The summed E-state index contributed by atoms with van der Waals surface area (Å²) in [4.78, 5) is 4.25. The van der Waals surface area contributed by atoms with Crippen LogP contribution in [-0.4, -0.2) is 16.7 Å². The standard InChI is InChI=1S/C15H11FN4O/c1-21-11-3-5-14-12(7-11)19-15(18)20(14)13-4-2-10(16)6-9(13)8-17/h2-7H,1H3,(H2,18,19). The number of nitriles is 1. The summed E-state index contributed by atoms with van der Waals surface area (Å²) in [5.74, 6) is 0.410. The topological polar surface area (TPSA) is 76.9 Å². The average molecular weight is 282 g/mol. The highest BCUT2D eigenvalue weighted by atomic mass is 19.1. The van der Waals surface area contributed by atoms with E-state index < -0.39 is 5.82 Å². The van der Waals surface area contributed by atoms with Gasteiger partial charge in [-0.05, 0) is 30.3 Å². The third kappa shape index (κ3) is 2.05. The lowest BCUT2D eigenvalue weighted by Gasteiger charge is -2.08. The Kier molecular flexibility index (Phi) is 2.95. The van der Waals surface area contributed by atoms with Crippen molar-refractivity contribution in [2.24, 2.45) is 0 Å². The number of anilines is 1. The molecule has 0 saturated heterocycles. The van der Waals surface area contributed by atoms with Gasteiger partial charge in [-0.3, -0.25) is 4.57 Å². The smallest absolute Gasteiger partial charge is 0.205 e. The number of ether oxygens (including phenoxy) is 1. The highest BCUT2D eigenvalue weighted by molar-refractivity contribution is 5.82. The fourth-order valence-corrected chi connectivity index (χ4v) is 2.25. The molecule has 5 nitrogen and oxygen atoms in total. The number of halogens is 1. The third-order valence-electron chi connectivity index (χ3n) is 3.21. The molecule has 0 unspecified atom stereocenters. The third-order valence-corrected chi connectivity index (χ3v) is 3.21. The van der Waals surface area contributed by atoms with Crippen LogP contribution in [0.25, 0.3) is 16.7 Å². The van der Waals surface area contributed by atoms with Gasteiger partial charge >= 0.3 is 0 Å². The van der Waals surface area contributed by atoms with Crippen molar-refractivity contribution in [1.82, 2.24) is 9.55 Å². The number of fused-ring (bicyclic) bond motifs is 1. The normalized spacial score (nSPS) is 10.5. The fraction of sp³-hybridized carbons (Fsp3) is 0.0667. The minimum absolute atomic E-state index is 0.191. The van der Waals surface area contributed by atoms with Gasteiger partial charge in [-0.15, -0.1) is 0 Å². The first-order valence-electron chi connectivity index (χ1n) is 6.16. The number of benzene rings is 2. The number of nitrogens with zero attached hydrogens (tertiary/aromatic N) is 3. The second-order valence-corrected chi connectivity index (χ2v) is 4.43. The summed E-state index contributed by atoms with van der Waals surface area (Å²) in [6.07, 6.45) is 0. The van der Waals surface area contributed by atoms with Crippen LogP contribution < -0.4 is 10.5 Å². The molecule has 6 heteroatoms. The van der Waals surface area contributed by atoms with Crippen LogP contribution in [0.3, 0.4) is 0 Å². The van der Waals surface area contributed by atoms with Crippen molar-refractivity contribution < 1.29 is 9.13 Å². The fourth-order valence-electron chi connectivity index (χ4n) is 2.25. The van der Waals surface area contributed by atoms with Gasteiger partial charge in [0.25, 0.3) is 0 Å². The molecule has 21 heavy (non-hydrogen) atoms. The molecule has 0 fully saturated rings. The van der Waals surface area contributed by atoms with Crippen LogP contribution in [0, 0.1) is 17.1 Å². The quantitative estimate of drug-likeness (QED) is 0.783. The van der Waals surface area contributed by atoms with Crippen molar-refractivity contribution in [3.05, 3.63) is 47.8 Å². The number of hydrogen-bond donors (Lipinski definition) is 1. The maximum Gasteiger partial charge on any atom is 0.205 e. The van der Waals surface area contributed by atoms with Gasteiger partial charge in [-0.1, -0.05) is 0 Å². The number of hydrogen-bond acceptors (Lipinski definition) is 4. The molecule has 0 aliphatic carbocycles. The van der Waals surface area contributed by atoms with Crippen LogP contribution in [-0.2, 0) is 0 Å². The van der Waals surface area contributed by atoms with E-state index in [2.05, 4.69) is 4.98 Å². The molecule has 1 aromatic heterocycles. The lowest BCUT2D eigenvalue weighted by atomic mass is 10.2. The van der Waals surface area contributed by atoms with E-state index >= 15 is 0 Å². The van der Waals surface area contributed by atoms with Gasteiger partial charge in [0.05, 0.1) is 29.4 Å². The number of imidazole rings is 1. The summed E-state index contributed by atoms with van der Waals surface area (Å²) in [6, 6.07) is 11.2. The van der Waals surface area contributed by atoms with Crippen molar-refractivity contribution in [2.75, 3.05) is 12.8 Å². The van der Waals surface area contributed by atoms with Crippen molar-refractivity contribution in [3.8, 4) is 17.5 Å². The van der Waals surface area contributed by atoms with E-state index in [4.69, 9.17) is 10.5 Å². The Morgan fingerprint density at radius 3 is 2.81 bits per heavy atom. The summed E-state index contributed by atoms with van der Waals surface area (Å²) in [5.41, 5.74) is 7.99. The summed E-state index contributed by atoms with van der Waals surface area (Å²) >= 11 is 0. The zero-order valence-corrected chi connectivity index (χ0v) is 11.2. The van der Waals surface area contributed by atoms with E-state index in [1.165, 1.54) is 18.2 Å².